The first-order chi connectivity index (χ1) is 6.61. The zero-order valence-corrected chi connectivity index (χ0v) is 8.20. The van der Waals surface area contributed by atoms with Crippen molar-refractivity contribution < 1.29 is 0 Å². The van der Waals surface area contributed by atoms with Gasteiger partial charge in [-0.1, -0.05) is 24.3 Å². The van der Waals surface area contributed by atoms with Crippen LogP contribution in [0.15, 0.2) is 42.2 Å². The molecule has 14 heavy (non-hydrogen) atoms. The van der Waals surface area contributed by atoms with Crippen molar-refractivity contribution in [1.82, 2.24) is 0 Å². The van der Waals surface area contributed by atoms with Gasteiger partial charge >= 0.3 is 0 Å². The summed E-state index contributed by atoms with van der Waals surface area (Å²) in [5.74, 6) is 0.251. The minimum absolute atomic E-state index is 0.251. The molecule has 0 bridgehead atoms. The third kappa shape index (κ3) is 2.55. The molecule has 0 aliphatic rings. The van der Waals surface area contributed by atoms with E-state index in [1.807, 2.05) is 31.2 Å². The van der Waals surface area contributed by atoms with Crippen molar-refractivity contribution in [3.05, 3.63) is 53.4 Å². The molecule has 0 aromatic heterocycles. The van der Waals surface area contributed by atoms with Gasteiger partial charge in [-0.15, -0.1) is 0 Å². The Hall–Kier alpha value is -1.90. The lowest BCUT2D eigenvalue weighted by Crippen LogP contribution is -2.07. The number of benzene rings is 1. The van der Waals surface area contributed by atoms with Crippen molar-refractivity contribution in [2.75, 3.05) is 0 Å². The van der Waals surface area contributed by atoms with Gasteiger partial charge < -0.3 is 17.2 Å². The molecule has 0 heterocycles. The van der Waals surface area contributed by atoms with E-state index in [2.05, 4.69) is 0 Å². The first-order valence-corrected chi connectivity index (χ1v) is 4.35. The summed E-state index contributed by atoms with van der Waals surface area (Å²) < 4.78 is 0. The Kier molecular flexibility index (Phi) is 3.18. The number of aryl methyl sites for hydroxylation is 1. The van der Waals surface area contributed by atoms with Gasteiger partial charge in [0.1, 0.15) is 0 Å². The normalized spacial score (nSPS) is 11.1. The molecular weight excluding hydrogens is 174 g/mol. The van der Waals surface area contributed by atoms with Gasteiger partial charge in [-0.2, -0.15) is 0 Å². The maximum absolute atomic E-state index is 5.85. The molecule has 0 atom stereocenters. The van der Waals surface area contributed by atoms with Crippen molar-refractivity contribution >= 4 is 5.70 Å². The van der Waals surface area contributed by atoms with Crippen molar-refractivity contribution in [3.8, 4) is 0 Å². The van der Waals surface area contributed by atoms with Crippen LogP contribution in [-0.2, 0) is 0 Å². The summed E-state index contributed by atoms with van der Waals surface area (Å²) in [7, 11) is 0. The molecule has 0 saturated carbocycles. The quantitative estimate of drug-likeness (QED) is 0.608. The third-order valence-electron chi connectivity index (χ3n) is 1.91. The summed E-state index contributed by atoms with van der Waals surface area (Å²) in [6.45, 7) is 2.01. The SMILES string of the molecule is Cc1ccccc1/C(N)=C/C=C(N)N. The van der Waals surface area contributed by atoms with Crippen LogP contribution in [0.4, 0.5) is 0 Å². The molecule has 74 valence electrons. The van der Waals surface area contributed by atoms with Crippen LogP contribution in [0.5, 0.6) is 0 Å². The summed E-state index contributed by atoms with van der Waals surface area (Å²) >= 11 is 0. The first kappa shape index (κ1) is 10.2. The van der Waals surface area contributed by atoms with E-state index in [9.17, 15) is 0 Å². The third-order valence-corrected chi connectivity index (χ3v) is 1.91. The average Bonchev–Trinajstić information content (AvgIpc) is 2.15. The second-order valence-electron chi connectivity index (χ2n) is 3.10. The number of hydrogen-bond donors (Lipinski definition) is 3. The highest BCUT2D eigenvalue weighted by molar-refractivity contribution is 5.66. The predicted molar refractivity (Wildman–Crippen MR) is 59.8 cm³/mol. The molecule has 0 saturated heterocycles. The molecule has 1 aromatic rings. The fourth-order valence-electron chi connectivity index (χ4n) is 1.17. The molecule has 3 heteroatoms. The maximum Gasteiger partial charge on any atom is 0.0934 e. The molecular formula is C11H15N3. The lowest BCUT2D eigenvalue weighted by atomic mass is 10.1. The van der Waals surface area contributed by atoms with E-state index in [-0.39, 0.29) is 5.82 Å². The van der Waals surface area contributed by atoms with Gasteiger partial charge in [-0.05, 0) is 24.6 Å². The summed E-state index contributed by atoms with van der Waals surface area (Å²) in [4.78, 5) is 0. The fraction of sp³-hybridized carbons (Fsp3) is 0.0909. The van der Waals surface area contributed by atoms with Gasteiger partial charge in [0.05, 0.1) is 5.82 Å². The highest BCUT2D eigenvalue weighted by atomic mass is 14.8. The standard InChI is InChI=1S/C11H15N3/c1-8-4-2-3-5-9(8)10(12)6-7-11(13)14/h2-7H,12-14H2,1H3/b10-6-. The van der Waals surface area contributed by atoms with Gasteiger partial charge in [0.2, 0.25) is 0 Å². The second kappa shape index (κ2) is 4.37. The first-order valence-electron chi connectivity index (χ1n) is 4.35. The monoisotopic (exact) mass is 189 g/mol. The second-order valence-corrected chi connectivity index (χ2v) is 3.10. The maximum atomic E-state index is 5.85. The predicted octanol–water partition coefficient (Wildman–Crippen LogP) is 1.05. The molecule has 0 amide bonds. The zero-order valence-electron chi connectivity index (χ0n) is 8.20. The van der Waals surface area contributed by atoms with E-state index in [4.69, 9.17) is 17.2 Å². The van der Waals surface area contributed by atoms with E-state index in [1.54, 1.807) is 12.2 Å². The van der Waals surface area contributed by atoms with Crippen molar-refractivity contribution in [3.63, 3.8) is 0 Å². The minimum atomic E-state index is 0.251. The summed E-state index contributed by atoms with van der Waals surface area (Å²) in [5.41, 5.74) is 19.2. The lowest BCUT2D eigenvalue weighted by molar-refractivity contribution is 1.25. The van der Waals surface area contributed by atoms with Crippen molar-refractivity contribution in [2.45, 2.75) is 6.92 Å². The van der Waals surface area contributed by atoms with Crippen LogP contribution in [0.2, 0.25) is 0 Å². The van der Waals surface area contributed by atoms with Crippen LogP contribution < -0.4 is 17.2 Å². The molecule has 0 radical (unpaired) electrons. The van der Waals surface area contributed by atoms with Crippen molar-refractivity contribution in [2.24, 2.45) is 17.2 Å². The number of allylic oxidation sites excluding steroid dienone is 2. The Morgan fingerprint density at radius 2 is 1.71 bits per heavy atom. The highest BCUT2D eigenvalue weighted by Gasteiger charge is 1.97. The van der Waals surface area contributed by atoms with Crippen LogP contribution >= 0.6 is 0 Å². The Balaban J connectivity index is 3.01. The molecule has 0 aliphatic heterocycles. The lowest BCUT2D eigenvalue weighted by Gasteiger charge is -2.04. The Morgan fingerprint density at radius 1 is 1.07 bits per heavy atom. The molecule has 0 spiro atoms. The summed E-state index contributed by atoms with van der Waals surface area (Å²) in [6, 6.07) is 7.88. The fourth-order valence-corrected chi connectivity index (χ4v) is 1.17. The molecule has 3 nitrogen and oxygen atoms in total. The minimum Gasteiger partial charge on any atom is -0.398 e. The van der Waals surface area contributed by atoms with Gasteiger partial charge in [0, 0.05) is 11.3 Å². The number of rotatable bonds is 2. The van der Waals surface area contributed by atoms with Crippen LogP contribution in [0.1, 0.15) is 11.1 Å². The topological polar surface area (TPSA) is 78.1 Å². The molecule has 1 rings (SSSR count). The number of hydrogen-bond acceptors (Lipinski definition) is 3. The largest absolute Gasteiger partial charge is 0.398 e. The Labute approximate surface area is 83.9 Å². The van der Waals surface area contributed by atoms with E-state index in [1.165, 1.54) is 0 Å². The van der Waals surface area contributed by atoms with E-state index < -0.39 is 0 Å². The van der Waals surface area contributed by atoms with Crippen LogP contribution in [0.25, 0.3) is 5.70 Å². The Morgan fingerprint density at radius 3 is 2.29 bits per heavy atom. The average molecular weight is 189 g/mol. The molecule has 0 unspecified atom stereocenters. The zero-order chi connectivity index (χ0) is 10.6. The van der Waals surface area contributed by atoms with Gasteiger partial charge in [0.15, 0.2) is 0 Å². The molecule has 6 N–H and O–H groups in total. The summed E-state index contributed by atoms with van der Waals surface area (Å²) in [5, 5.41) is 0. The highest BCUT2D eigenvalue weighted by Crippen LogP contribution is 2.13. The van der Waals surface area contributed by atoms with E-state index in [0.29, 0.717) is 5.70 Å². The van der Waals surface area contributed by atoms with Gasteiger partial charge in [0.25, 0.3) is 0 Å². The van der Waals surface area contributed by atoms with Gasteiger partial charge in [-0.3, -0.25) is 0 Å². The number of nitrogens with two attached hydrogens (primary N) is 3. The van der Waals surface area contributed by atoms with E-state index >= 15 is 0 Å². The van der Waals surface area contributed by atoms with Crippen LogP contribution in [0.3, 0.4) is 0 Å². The van der Waals surface area contributed by atoms with E-state index in [0.717, 1.165) is 11.1 Å². The van der Waals surface area contributed by atoms with Gasteiger partial charge in [-0.25, -0.2) is 0 Å². The molecule has 1 aromatic carbocycles. The van der Waals surface area contributed by atoms with Crippen molar-refractivity contribution in [1.29, 1.82) is 0 Å². The molecule has 0 aliphatic carbocycles. The smallest absolute Gasteiger partial charge is 0.0934 e. The Bertz CT molecular complexity index is 374. The molecule has 0 fully saturated rings. The van der Waals surface area contributed by atoms with Crippen LogP contribution in [0, 0.1) is 6.92 Å². The van der Waals surface area contributed by atoms with Crippen LogP contribution in [-0.4, -0.2) is 0 Å². The summed E-state index contributed by atoms with van der Waals surface area (Å²) in [6.07, 6.45) is 3.29.